The van der Waals surface area contributed by atoms with Crippen LogP contribution in [0, 0.1) is 17.0 Å². The monoisotopic (exact) mass is 384 g/mol. The molecule has 0 unspecified atom stereocenters. The van der Waals surface area contributed by atoms with Gasteiger partial charge in [0.25, 0.3) is 5.69 Å². The van der Waals surface area contributed by atoms with Gasteiger partial charge < -0.3 is 5.32 Å². The second-order valence-electron chi connectivity index (χ2n) is 7.00. The summed E-state index contributed by atoms with van der Waals surface area (Å²) in [7, 11) is 0. The molecule has 1 fully saturated rings. The Balaban J connectivity index is 1.57. The summed E-state index contributed by atoms with van der Waals surface area (Å²) in [6.45, 7) is 2.01. The number of carbonyl (C=O) groups excluding carboxylic acids is 1. The number of nitrogens with zero attached hydrogens (tertiary/aromatic N) is 1. The van der Waals surface area contributed by atoms with Crippen molar-refractivity contribution >= 4 is 29.0 Å². The molecular weight excluding hydrogens is 360 g/mol. The second-order valence-corrected chi connectivity index (χ2v) is 8.38. The summed E-state index contributed by atoms with van der Waals surface area (Å²) in [4.78, 5) is 23.8. The van der Waals surface area contributed by atoms with Crippen LogP contribution in [-0.4, -0.2) is 16.1 Å². The maximum Gasteiger partial charge on any atom is 0.269 e. The van der Waals surface area contributed by atoms with Crippen molar-refractivity contribution in [3.05, 3.63) is 63.7 Å². The number of nitro groups is 1. The van der Waals surface area contributed by atoms with Crippen molar-refractivity contribution in [3.8, 4) is 0 Å². The number of rotatable bonds is 6. The molecule has 2 aromatic rings. The maximum absolute atomic E-state index is 12.3. The largest absolute Gasteiger partial charge is 0.326 e. The molecule has 0 bridgehead atoms. The summed E-state index contributed by atoms with van der Waals surface area (Å²) in [5.41, 5.74) is 2.64. The molecule has 3 rings (SSSR count). The van der Waals surface area contributed by atoms with E-state index in [4.69, 9.17) is 0 Å². The summed E-state index contributed by atoms with van der Waals surface area (Å²) in [6, 6.07) is 12.3. The van der Waals surface area contributed by atoms with E-state index >= 15 is 0 Å². The predicted octanol–water partition coefficient (Wildman–Crippen LogP) is 5.51. The van der Waals surface area contributed by atoms with Crippen molar-refractivity contribution in [2.24, 2.45) is 0 Å². The SMILES string of the molecule is Cc1cc(SC2CCCCC2)ccc1NC(=O)Cc1ccc([N+](=O)[O-])cc1. The van der Waals surface area contributed by atoms with E-state index in [1.807, 2.05) is 24.8 Å². The van der Waals surface area contributed by atoms with Crippen LogP contribution in [0.15, 0.2) is 47.4 Å². The smallest absolute Gasteiger partial charge is 0.269 e. The fraction of sp³-hybridized carbons (Fsp3) is 0.381. The number of anilines is 1. The van der Waals surface area contributed by atoms with E-state index in [1.165, 1.54) is 49.1 Å². The molecule has 0 spiro atoms. The first kappa shape index (κ1) is 19.4. The maximum atomic E-state index is 12.3. The lowest BCUT2D eigenvalue weighted by Crippen LogP contribution is -2.15. The molecular formula is C21H24N2O3S. The van der Waals surface area contributed by atoms with E-state index in [2.05, 4.69) is 17.4 Å². The van der Waals surface area contributed by atoms with E-state index in [1.54, 1.807) is 12.1 Å². The standard InChI is InChI=1S/C21H24N2O3S/c1-15-13-19(27-18-5-3-2-4-6-18)11-12-20(15)22-21(24)14-16-7-9-17(10-8-16)23(25)26/h7-13,18H,2-6,14H2,1H3,(H,22,24). The number of carbonyl (C=O) groups is 1. The highest BCUT2D eigenvalue weighted by molar-refractivity contribution is 8.00. The zero-order valence-electron chi connectivity index (χ0n) is 15.4. The molecule has 0 heterocycles. The minimum Gasteiger partial charge on any atom is -0.326 e. The van der Waals surface area contributed by atoms with Gasteiger partial charge in [0.2, 0.25) is 5.91 Å². The fourth-order valence-electron chi connectivity index (χ4n) is 3.34. The topological polar surface area (TPSA) is 72.2 Å². The van der Waals surface area contributed by atoms with Gasteiger partial charge in [0, 0.05) is 28.0 Å². The van der Waals surface area contributed by atoms with Crippen LogP contribution in [0.1, 0.15) is 43.2 Å². The number of non-ortho nitro benzene ring substituents is 1. The molecule has 0 saturated heterocycles. The summed E-state index contributed by atoms with van der Waals surface area (Å²) in [5.74, 6) is -0.125. The lowest BCUT2D eigenvalue weighted by molar-refractivity contribution is -0.384. The summed E-state index contributed by atoms with van der Waals surface area (Å²) in [6.07, 6.45) is 6.78. The van der Waals surface area contributed by atoms with Gasteiger partial charge in [-0.1, -0.05) is 31.4 Å². The Hall–Kier alpha value is -2.34. The third-order valence-electron chi connectivity index (χ3n) is 4.84. The van der Waals surface area contributed by atoms with Crippen molar-refractivity contribution in [2.75, 3.05) is 5.32 Å². The van der Waals surface area contributed by atoms with Crippen molar-refractivity contribution < 1.29 is 9.72 Å². The number of nitro benzene ring substituents is 1. The third-order valence-corrected chi connectivity index (χ3v) is 6.17. The predicted molar refractivity (Wildman–Crippen MR) is 109 cm³/mol. The van der Waals surface area contributed by atoms with Crippen LogP contribution >= 0.6 is 11.8 Å². The molecule has 5 nitrogen and oxygen atoms in total. The highest BCUT2D eigenvalue weighted by Gasteiger charge is 2.15. The summed E-state index contributed by atoms with van der Waals surface area (Å²) < 4.78 is 0. The van der Waals surface area contributed by atoms with Gasteiger partial charge in [-0.25, -0.2) is 0 Å². The average Bonchev–Trinajstić information content (AvgIpc) is 2.65. The molecule has 1 N–H and O–H groups in total. The van der Waals surface area contributed by atoms with Gasteiger partial charge in [-0.2, -0.15) is 0 Å². The first-order valence-electron chi connectivity index (χ1n) is 9.32. The van der Waals surface area contributed by atoms with E-state index < -0.39 is 4.92 Å². The number of hydrogen-bond donors (Lipinski definition) is 1. The van der Waals surface area contributed by atoms with Crippen molar-refractivity contribution in [1.82, 2.24) is 0 Å². The third kappa shape index (κ3) is 5.57. The number of benzene rings is 2. The van der Waals surface area contributed by atoms with E-state index in [9.17, 15) is 14.9 Å². The first-order valence-corrected chi connectivity index (χ1v) is 10.2. The van der Waals surface area contributed by atoms with E-state index in [0.717, 1.165) is 16.8 Å². The Kier molecular flexibility index (Phi) is 6.50. The van der Waals surface area contributed by atoms with Gasteiger partial charge in [-0.15, -0.1) is 11.8 Å². The Morgan fingerprint density at radius 1 is 1.15 bits per heavy atom. The van der Waals surface area contributed by atoms with Gasteiger partial charge in [-0.05, 0) is 49.1 Å². The Labute approximate surface area is 163 Å². The lowest BCUT2D eigenvalue weighted by Gasteiger charge is -2.21. The van der Waals surface area contributed by atoms with Gasteiger partial charge >= 0.3 is 0 Å². The molecule has 6 heteroatoms. The number of thioether (sulfide) groups is 1. The number of amides is 1. The molecule has 1 amide bonds. The molecule has 0 radical (unpaired) electrons. The second kappa shape index (κ2) is 9.04. The van der Waals surface area contributed by atoms with Crippen molar-refractivity contribution in [3.63, 3.8) is 0 Å². The van der Waals surface area contributed by atoms with Crippen LogP contribution in [0.5, 0.6) is 0 Å². The Morgan fingerprint density at radius 3 is 2.48 bits per heavy atom. The van der Waals surface area contributed by atoms with Crippen LogP contribution in [-0.2, 0) is 11.2 Å². The van der Waals surface area contributed by atoms with Crippen LogP contribution in [0.25, 0.3) is 0 Å². The molecule has 27 heavy (non-hydrogen) atoms. The molecule has 0 aliphatic heterocycles. The number of hydrogen-bond acceptors (Lipinski definition) is 4. The molecule has 142 valence electrons. The van der Waals surface area contributed by atoms with Crippen molar-refractivity contribution in [2.45, 2.75) is 55.6 Å². The minimum atomic E-state index is -0.444. The van der Waals surface area contributed by atoms with Gasteiger partial charge in [0.05, 0.1) is 11.3 Å². The van der Waals surface area contributed by atoms with Gasteiger partial charge in [-0.3, -0.25) is 14.9 Å². The normalized spacial score (nSPS) is 14.7. The van der Waals surface area contributed by atoms with Crippen LogP contribution < -0.4 is 5.32 Å². The quantitative estimate of drug-likeness (QED) is 0.526. The molecule has 1 saturated carbocycles. The average molecular weight is 385 g/mol. The lowest BCUT2D eigenvalue weighted by atomic mass is 10.0. The number of aryl methyl sites for hydroxylation is 1. The van der Waals surface area contributed by atoms with Crippen molar-refractivity contribution in [1.29, 1.82) is 0 Å². The van der Waals surface area contributed by atoms with Crippen LogP contribution in [0.3, 0.4) is 0 Å². The molecule has 2 aromatic carbocycles. The fourth-order valence-corrected chi connectivity index (χ4v) is 4.69. The minimum absolute atomic E-state index is 0.0288. The highest BCUT2D eigenvalue weighted by Crippen LogP contribution is 2.34. The summed E-state index contributed by atoms with van der Waals surface area (Å²) in [5, 5.41) is 14.3. The number of nitrogens with one attached hydrogen (secondary N) is 1. The zero-order valence-corrected chi connectivity index (χ0v) is 16.3. The molecule has 0 atom stereocenters. The Morgan fingerprint density at radius 2 is 1.85 bits per heavy atom. The van der Waals surface area contributed by atoms with Crippen LogP contribution in [0.2, 0.25) is 0 Å². The van der Waals surface area contributed by atoms with E-state index in [-0.39, 0.29) is 18.0 Å². The van der Waals surface area contributed by atoms with Crippen LogP contribution in [0.4, 0.5) is 11.4 Å². The van der Waals surface area contributed by atoms with Gasteiger partial charge in [0.1, 0.15) is 0 Å². The molecule has 0 aromatic heterocycles. The molecule has 1 aliphatic carbocycles. The Bertz CT molecular complexity index is 815. The van der Waals surface area contributed by atoms with Gasteiger partial charge in [0.15, 0.2) is 0 Å². The summed E-state index contributed by atoms with van der Waals surface area (Å²) >= 11 is 1.94. The first-order chi connectivity index (χ1) is 13.0. The molecule has 1 aliphatic rings. The highest BCUT2D eigenvalue weighted by atomic mass is 32.2. The van der Waals surface area contributed by atoms with E-state index in [0.29, 0.717) is 5.25 Å². The zero-order chi connectivity index (χ0) is 19.2.